The van der Waals surface area contributed by atoms with Gasteiger partial charge in [-0.15, -0.1) is 0 Å². The van der Waals surface area contributed by atoms with E-state index in [9.17, 15) is 4.79 Å². The molecule has 2 heterocycles. The van der Waals surface area contributed by atoms with Crippen LogP contribution in [0.25, 0.3) is 0 Å². The molecule has 2 rings (SSSR count). The average Bonchev–Trinajstić information content (AvgIpc) is 2.36. The Morgan fingerprint density at radius 3 is 2.68 bits per heavy atom. The minimum atomic E-state index is -0.905. The van der Waals surface area contributed by atoms with Crippen molar-refractivity contribution in [3.8, 4) is 0 Å². The number of hydrogen-bond acceptors (Lipinski definition) is 6. The molecule has 0 spiro atoms. The Morgan fingerprint density at radius 1 is 1.37 bits per heavy atom. The average molecular weight is 265 g/mol. The molecule has 0 bridgehead atoms. The van der Waals surface area contributed by atoms with Gasteiger partial charge in [0.05, 0.1) is 0 Å². The van der Waals surface area contributed by atoms with E-state index in [-0.39, 0.29) is 6.54 Å². The van der Waals surface area contributed by atoms with E-state index in [1.54, 1.807) is 6.07 Å². The van der Waals surface area contributed by atoms with Gasteiger partial charge in [-0.3, -0.25) is 4.79 Å². The molecule has 1 aliphatic rings. The number of carboxylic acid groups (broad SMARTS) is 1. The first-order valence-electron chi connectivity index (χ1n) is 6.29. The highest BCUT2D eigenvalue weighted by atomic mass is 16.4. The predicted octanol–water partition coefficient (Wildman–Crippen LogP) is 0.0333. The van der Waals surface area contributed by atoms with Crippen molar-refractivity contribution >= 4 is 17.6 Å². The lowest BCUT2D eigenvalue weighted by Gasteiger charge is -2.33. The number of nitrogens with one attached hydrogen (secondary N) is 1. The van der Waals surface area contributed by atoms with E-state index in [2.05, 4.69) is 32.1 Å². The van der Waals surface area contributed by atoms with Crippen molar-refractivity contribution in [2.24, 2.45) is 0 Å². The summed E-state index contributed by atoms with van der Waals surface area (Å²) in [6, 6.07) is 1.81. The van der Waals surface area contributed by atoms with Crippen molar-refractivity contribution in [3.05, 3.63) is 11.9 Å². The first kappa shape index (κ1) is 13.5. The number of carboxylic acids is 1. The van der Waals surface area contributed by atoms with Crippen molar-refractivity contribution in [3.63, 3.8) is 0 Å². The zero-order chi connectivity index (χ0) is 13.8. The maximum absolute atomic E-state index is 10.6. The molecule has 0 radical (unpaired) electrons. The highest BCUT2D eigenvalue weighted by Gasteiger charge is 2.16. The van der Waals surface area contributed by atoms with Crippen molar-refractivity contribution in [1.29, 1.82) is 0 Å². The van der Waals surface area contributed by atoms with Crippen LogP contribution in [0.1, 0.15) is 5.82 Å². The zero-order valence-corrected chi connectivity index (χ0v) is 11.3. The van der Waals surface area contributed by atoms with Gasteiger partial charge < -0.3 is 20.2 Å². The predicted molar refractivity (Wildman–Crippen MR) is 72.6 cm³/mol. The third-order valence-corrected chi connectivity index (χ3v) is 3.07. The van der Waals surface area contributed by atoms with E-state index in [1.165, 1.54) is 0 Å². The quantitative estimate of drug-likeness (QED) is 0.795. The first-order chi connectivity index (χ1) is 9.04. The molecule has 0 atom stereocenters. The number of rotatable bonds is 4. The maximum atomic E-state index is 10.6. The zero-order valence-electron chi connectivity index (χ0n) is 11.3. The van der Waals surface area contributed by atoms with Crippen LogP contribution in [-0.2, 0) is 4.79 Å². The highest BCUT2D eigenvalue weighted by molar-refractivity contribution is 5.72. The standard InChI is InChI=1S/C12H19N5O2/c1-9-14-10(13-8-12(18)19)7-11(15-9)17-5-3-16(2)4-6-17/h7H,3-6,8H2,1-2H3,(H,18,19)(H,13,14,15). The van der Waals surface area contributed by atoms with E-state index in [0.29, 0.717) is 11.6 Å². The molecule has 0 amide bonds. The van der Waals surface area contributed by atoms with Gasteiger partial charge in [-0.05, 0) is 14.0 Å². The van der Waals surface area contributed by atoms with Gasteiger partial charge in [0, 0.05) is 32.2 Å². The Hall–Kier alpha value is -1.89. The summed E-state index contributed by atoms with van der Waals surface area (Å²) in [5.74, 6) is 1.15. The highest BCUT2D eigenvalue weighted by Crippen LogP contribution is 2.17. The van der Waals surface area contributed by atoms with Crippen LogP contribution in [0, 0.1) is 6.92 Å². The second-order valence-electron chi connectivity index (χ2n) is 4.70. The van der Waals surface area contributed by atoms with E-state index in [4.69, 9.17) is 5.11 Å². The summed E-state index contributed by atoms with van der Waals surface area (Å²) in [6.45, 7) is 5.52. The number of nitrogens with zero attached hydrogens (tertiary/aromatic N) is 4. The molecule has 0 unspecified atom stereocenters. The molecular formula is C12H19N5O2. The number of hydrogen-bond donors (Lipinski definition) is 2. The second kappa shape index (κ2) is 5.83. The normalized spacial score (nSPS) is 16.4. The Kier molecular flexibility index (Phi) is 4.16. The van der Waals surface area contributed by atoms with Crippen molar-refractivity contribution < 1.29 is 9.90 Å². The van der Waals surface area contributed by atoms with Crippen LogP contribution in [0.2, 0.25) is 0 Å². The molecule has 104 valence electrons. The van der Waals surface area contributed by atoms with Gasteiger partial charge in [0.25, 0.3) is 0 Å². The summed E-state index contributed by atoms with van der Waals surface area (Å²) in [7, 11) is 2.10. The Labute approximate surface area is 112 Å². The number of aryl methyl sites for hydroxylation is 1. The molecule has 1 saturated heterocycles. The lowest BCUT2D eigenvalue weighted by molar-refractivity contribution is -0.134. The number of likely N-dealkylation sites (N-methyl/N-ethyl adjacent to an activating group) is 1. The third-order valence-electron chi connectivity index (χ3n) is 3.07. The van der Waals surface area contributed by atoms with Crippen molar-refractivity contribution in [1.82, 2.24) is 14.9 Å². The first-order valence-corrected chi connectivity index (χ1v) is 6.29. The molecule has 0 aliphatic carbocycles. The molecule has 1 aliphatic heterocycles. The van der Waals surface area contributed by atoms with Gasteiger partial charge in [0.15, 0.2) is 0 Å². The van der Waals surface area contributed by atoms with E-state index >= 15 is 0 Å². The van der Waals surface area contributed by atoms with E-state index < -0.39 is 5.97 Å². The molecule has 0 saturated carbocycles. The Balaban J connectivity index is 2.09. The second-order valence-corrected chi connectivity index (χ2v) is 4.70. The third kappa shape index (κ3) is 3.78. The lowest BCUT2D eigenvalue weighted by Crippen LogP contribution is -2.44. The van der Waals surface area contributed by atoms with Gasteiger partial charge in [-0.1, -0.05) is 0 Å². The largest absolute Gasteiger partial charge is 0.480 e. The molecule has 1 aromatic heterocycles. The van der Waals surface area contributed by atoms with E-state index in [1.807, 2.05) is 6.92 Å². The fourth-order valence-electron chi connectivity index (χ4n) is 2.01. The summed E-state index contributed by atoms with van der Waals surface area (Å²) in [6.07, 6.45) is 0. The van der Waals surface area contributed by atoms with Crippen LogP contribution in [-0.4, -0.2) is 65.7 Å². The van der Waals surface area contributed by atoms with Crippen LogP contribution in [0.15, 0.2) is 6.07 Å². The van der Waals surface area contributed by atoms with Crippen LogP contribution in [0.3, 0.4) is 0 Å². The summed E-state index contributed by atoms with van der Waals surface area (Å²) in [5.41, 5.74) is 0. The number of aliphatic carboxylic acids is 1. The number of carbonyl (C=O) groups is 1. The number of anilines is 2. The summed E-state index contributed by atoms with van der Waals surface area (Å²) in [5, 5.41) is 11.5. The molecule has 19 heavy (non-hydrogen) atoms. The molecular weight excluding hydrogens is 246 g/mol. The number of piperazine rings is 1. The van der Waals surface area contributed by atoms with Crippen LogP contribution in [0.4, 0.5) is 11.6 Å². The monoisotopic (exact) mass is 265 g/mol. The SMILES string of the molecule is Cc1nc(NCC(=O)O)cc(N2CCN(C)CC2)n1. The molecule has 1 fully saturated rings. The fourth-order valence-corrected chi connectivity index (χ4v) is 2.01. The molecule has 2 N–H and O–H groups in total. The summed E-state index contributed by atoms with van der Waals surface area (Å²) >= 11 is 0. The van der Waals surface area contributed by atoms with Crippen LogP contribution >= 0.6 is 0 Å². The van der Waals surface area contributed by atoms with Gasteiger partial charge in [0.2, 0.25) is 0 Å². The van der Waals surface area contributed by atoms with Crippen LogP contribution in [0.5, 0.6) is 0 Å². The van der Waals surface area contributed by atoms with Crippen molar-refractivity contribution in [2.45, 2.75) is 6.92 Å². The Bertz CT molecular complexity index is 457. The molecule has 7 nitrogen and oxygen atoms in total. The topological polar surface area (TPSA) is 81.6 Å². The molecule has 1 aromatic rings. The Morgan fingerprint density at radius 2 is 2.05 bits per heavy atom. The van der Waals surface area contributed by atoms with Crippen molar-refractivity contribution in [2.75, 3.05) is 50.0 Å². The van der Waals surface area contributed by atoms with Gasteiger partial charge in [-0.25, -0.2) is 9.97 Å². The van der Waals surface area contributed by atoms with Gasteiger partial charge >= 0.3 is 5.97 Å². The van der Waals surface area contributed by atoms with Gasteiger partial charge in [-0.2, -0.15) is 0 Å². The van der Waals surface area contributed by atoms with Crippen LogP contribution < -0.4 is 10.2 Å². The molecule has 7 heteroatoms. The van der Waals surface area contributed by atoms with Gasteiger partial charge in [0.1, 0.15) is 24.0 Å². The number of aromatic nitrogens is 2. The summed E-state index contributed by atoms with van der Waals surface area (Å²) < 4.78 is 0. The minimum absolute atomic E-state index is 0.140. The molecule has 0 aromatic carbocycles. The summed E-state index contributed by atoms with van der Waals surface area (Å²) in [4.78, 5) is 23.6. The maximum Gasteiger partial charge on any atom is 0.322 e. The lowest BCUT2D eigenvalue weighted by atomic mass is 10.3. The smallest absolute Gasteiger partial charge is 0.322 e. The fraction of sp³-hybridized carbons (Fsp3) is 0.583. The van der Waals surface area contributed by atoms with E-state index in [0.717, 1.165) is 32.0 Å². The minimum Gasteiger partial charge on any atom is -0.480 e.